The lowest BCUT2D eigenvalue weighted by Crippen LogP contribution is -2.47. The van der Waals surface area contributed by atoms with E-state index in [0.717, 1.165) is 44.4 Å². The van der Waals surface area contributed by atoms with Crippen LogP contribution < -0.4 is 0 Å². The summed E-state index contributed by atoms with van der Waals surface area (Å²) in [6.07, 6.45) is 8.22. The molecule has 1 spiro atoms. The molecule has 2 saturated heterocycles. The Hall–Kier alpha value is -0.980. The van der Waals surface area contributed by atoms with Gasteiger partial charge in [-0.05, 0) is 43.2 Å². The molecule has 3 heterocycles. The normalized spacial score (nSPS) is 26.1. The van der Waals surface area contributed by atoms with Crippen LogP contribution in [0.25, 0.3) is 0 Å². The largest absolute Gasteiger partial charge is 0.377 e. The van der Waals surface area contributed by atoms with Crippen LogP contribution in [0.4, 0.5) is 0 Å². The van der Waals surface area contributed by atoms with E-state index in [1.165, 1.54) is 6.26 Å². The first kappa shape index (κ1) is 15.9. The molecule has 22 heavy (non-hydrogen) atoms. The van der Waals surface area contributed by atoms with Gasteiger partial charge in [0.2, 0.25) is 10.0 Å². The Labute approximate surface area is 132 Å². The van der Waals surface area contributed by atoms with E-state index >= 15 is 0 Å². The van der Waals surface area contributed by atoms with Crippen molar-refractivity contribution in [2.75, 3.05) is 26.0 Å². The van der Waals surface area contributed by atoms with Crippen LogP contribution in [-0.2, 0) is 21.2 Å². The van der Waals surface area contributed by atoms with Crippen molar-refractivity contribution in [3.05, 3.63) is 30.1 Å². The molecule has 1 aromatic rings. The van der Waals surface area contributed by atoms with Crippen molar-refractivity contribution in [3.63, 3.8) is 0 Å². The average Bonchev–Trinajstić information content (AvgIpc) is 2.51. The maximum atomic E-state index is 11.6. The molecule has 0 N–H and O–H groups in total. The molecule has 2 fully saturated rings. The summed E-state index contributed by atoms with van der Waals surface area (Å²) in [5, 5.41) is 0. The van der Waals surface area contributed by atoms with E-state index in [0.29, 0.717) is 13.1 Å². The van der Waals surface area contributed by atoms with Crippen molar-refractivity contribution in [1.82, 2.24) is 9.29 Å². The van der Waals surface area contributed by atoms with E-state index in [-0.39, 0.29) is 11.5 Å². The van der Waals surface area contributed by atoms with E-state index in [4.69, 9.17) is 4.74 Å². The molecule has 1 atom stereocenters. The third-order valence-corrected chi connectivity index (χ3v) is 6.34. The number of rotatable bonds is 3. The third-order valence-electron chi connectivity index (χ3n) is 5.04. The average molecular weight is 324 g/mol. The number of hydrogen-bond acceptors (Lipinski definition) is 4. The summed E-state index contributed by atoms with van der Waals surface area (Å²) in [6.45, 7) is 2.02. The molecule has 6 heteroatoms. The van der Waals surface area contributed by atoms with Crippen molar-refractivity contribution >= 4 is 10.0 Å². The van der Waals surface area contributed by atoms with E-state index in [2.05, 4.69) is 4.98 Å². The van der Waals surface area contributed by atoms with Crippen molar-refractivity contribution in [1.29, 1.82) is 0 Å². The summed E-state index contributed by atoms with van der Waals surface area (Å²) in [4.78, 5) is 4.36. The second-order valence-corrected chi connectivity index (χ2v) is 8.64. The van der Waals surface area contributed by atoms with Crippen LogP contribution in [0.1, 0.15) is 31.4 Å². The van der Waals surface area contributed by atoms with E-state index < -0.39 is 10.0 Å². The molecule has 1 aromatic heterocycles. The Morgan fingerprint density at radius 3 is 2.64 bits per heavy atom. The number of hydrogen-bond donors (Lipinski definition) is 0. The number of pyridine rings is 1. The Kier molecular flexibility index (Phi) is 4.52. The zero-order valence-electron chi connectivity index (χ0n) is 13.1. The van der Waals surface area contributed by atoms with Crippen LogP contribution in [0.15, 0.2) is 24.4 Å². The van der Waals surface area contributed by atoms with Gasteiger partial charge in [-0.25, -0.2) is 12.7 Å². The van der Waals surface area contributed by atoms with Gasteiger partial charge in [-0.3, -0.25) is 4.98 Å². The number of piperidine rings is 1. The fourth-order valence-corrected chi connectivity index (χ4v) is 4.36. The lowest BCUT2D eigenvalue weighted by atomic mass is 9.73. The Morgan fingerprint density at radius 1 is 1.32 bits per heavy atom. The molecule has 122 valence electrons. The second-order valence-electron chi connectivity index (χ2n) is 6.66. The first-order chi connectivity index (χ1) is 10.5. The smallest absolute Gasteiger partial charge is 0.211 e. The topological polar surface area (TPSA) is 59.5 Å². The van der Waals surface area contributed by atoms with Crippen molar-refractivity contribution < 1.29 is 13.2 Å². The third kappa shape index (κ3) is 3.67. The monoisotopic (exact) mass is 324 g/mol. The maximum Gasteiger partial charge on any atom is 0.211 e. The standard InChI is InChI=1S/C16H24N2O3S/c1-22(19,20)18-10-7-16(8-11-18)6-5-15(21-13-16)12-14-4-2-3-9-17-14/h2-4,9,15H,5-8,10-13H2,1H3/t15-/m0/s1. The van der Waals surface area contributed by atoms with Crippen molar-refractivity contribution in [3.8, 4) is 0 Å². The molecular weight excluding hydrogens is 300 g/mol. The SMILES string of the molecule is CS(=O)(=O)N1CCC2(CC[C@@H](Cc3ccccn3)OC2)CC1. The van der Waals surface area contributed by atoms with Crippen LogP contribution in [-0.4, -0.2) is 49.8 Å². The number of nitrogens with zero attached hydrogens (tertiary/aromatic N) is 2. The Morgan fingerprint density at radius 2 is 2.09 bits per heavy atom. The first-order valence-corrected chi connectivity index (χ1v) is 9.78. The van der Waals surface area contributed by atoms with Gasteiger partial charge in [0.1, 0.15) is 0 Å². The van der Waals surface area contributed by atoms with Gasteiger partial charge in [0.15, 0.2) is 0 Å². The van der Waals surface area contributed by atoms with Crippen LogP contribution in [0, 0.1) is 5.41 Å². The molecule has 3 rings (SSSR count). The van der Waals surface area contributed by atoms with Crippen LogP contribution in [0.2, 0.25) is 0 Å². The highest BCUT2D eigenvalue weighted by molar-refractivity contribution is 7.88. The molecule has 2 aliphatic heterocycles. The first-order valence-electron chi connectivity index (χ1n) is 7.94. The number of ether oxygens (including phenoxy) is 1. The summed E-state index contributed by atoms with van der Waals surface area (Å²) < 4.78 is 30.9. The van der Waals surface area contributed by atoms with Crippen LogP contribution >= 0.6 is 0 Å². The number of aromatic nitrogens is 1. The molecule has 0 amide bonds. The van der Waals surface area contributed by atoms with Gasteiger partial charge >= 0.3 is 0 Å². The number of sulfonamides is 1. The molecule has 0 saturated carbocycles. The predicted octanol–water partition coefficient (Wildman–Crippen LogP) is 1.84. The highest BCUT2D eigenvalue weighted by atomic mass is 32.2. The minimum atomic E-state index is -3.05. The molecule has 0 unspecified atom stereocenters. The van der Waals surface area contributed by atoms with Crippen LogP contribution in [0.3, 0.4) is 0 Å². The summed E-state index contributed by atoms with van der Waals surface area (Å²) in [5.74, 6) is 0. The molecule has 2 aliphatic rings. The minimum absolute atomic E-state index is 0.182. The summed E-state index contributed by atoms with van der Waals surface area (Å²) in [6, 6.07) is 5.97. The van der Waals surface area contributed by atoms with Gasteiger partial charge < -0.3 is 4.74 Å². The van der Waals surface area contributed by atoms with Gasteiger partial charge in [0.25, 0.3) is 0 Å². The Balaban J connectivity index is 1.52. The summed E-state index contributed by atoms with van der Waals surface area (Å²) in [5.41, 5.74) is 1.26. The molecule has 5 nitrogen and oxygen atoms in total. The Bertz CT molecular complexity index is 585. The van der Waals surface area contributed by atoms with Gasteiger partial charge in [-0.1, -0.05) is 6.07 Å². The fourth-order valence-electron chi connectivity index (χ4n) is 3.52. The zero-order valence-corrected chi connectivity index (χ0v) is 13.9. The summed E-state index contributed by atoms with van der Waals surface area (Å²) >= 11 is 0. The van der Waals surface area contributed by atoms with Gasteiger partial charge in [-0.2, -0.15) is 0 Å². The fraction of sp³-hybridized carbons (Fsp3) is 0.688. The van der Waals surface area contributed by atoms with E-state index in [1.54, 1.807) is 4.31 Å². The van der Waals surface area contributed by atoms with E-state index in [9.17, 15) is 8.42 Å². The van der Waals surface area contributed by atoms with Gasteiger partial charge in [0, 0.05) is 31.4 Å². The quantitative estimate of drug-likeness (QED) is 0.851. The molecular formula is C16H24N2O3S. The van der Waals surface area contributed by atoms with Crippen molar-refractivity contribution in [2.45, 2.75) is 38.2 Å². The molecule has 0 bridgehead atoms. The predicted molar refractivity (Wildman–Crippen MR) is 85.0 cm³/mol. The highest BCUT2D eigenvalue weighted by Gasteiger charge is 2.40. The van der Waals surface area contributed by atoms with Gasteiger partial charge in [-0.15, -0.1) is 0 Å². The maximum absolute atomic E-state index is 11.6. The molecule has 0 aliphatic carbocycles. The minimum Gasteiger partial charge on any atom is -0.377 e. The zero-order chi connectivity index (χ0) is 15.6. The lowest BCUT2D eigenvalue weighted by Gasteiger charge is -2.45. The van der Waals surface area contributed by atoms with Crippen molar-refractivity contribution in [2.24, 2.45) is 5.41 Å². The lowest BCUT2D eigenvalue weighted by molar-refractivity contribution is -0.0794. The van der Waals surface area contributed by atoms with Crippen LogP contribution in [0.5, 0.6) is 0 Å². The highest BCUT2D eigenvalue weighted by Crippen LogP contribution is 2.41. The summed E-state index contributed by atoms with van der Waals surface area (Å²) in [7, 11) is -3.05. The molecule has 0 radical (unpaired) electrons. The van der Waals surface area contributed by atoms with E-state index in [1.807, 2.05) is 24.4 Å². The molecule has 0 aromatic carbocycles. The van der Waals surface area contributed by atoms with Gasteiger partial charge in [0.05, 0.1) is 19.0 Å². The second kappa shape index (κ2) is 6.26.